The highest BCUT2D eigenvalue weighted by molar-refractivity contribution is 5.54. The largest absolute Gasteiger partial charge is 0.392 e. The second-order valence-corrected chi connectivity index (χ2v) is 5.24. The standard InChI is InChI=1S/C15H24N2O/c1-3-6-14-7-4-5-8-17(14)15-9-12(2)16-10-13(15)11-18/h9-10,14,18H,3-8,11H2,1-2H3. The molecule has 100 valence electrons. The Morgan fingerprint density at radius 3 is 3.00 bits per heavy atom. The van der Waals surface area contributed by atoms with Gasteiger partial charge in [-0.1, -0.05) is 13.3 Å². The molecule has 1 aliphatic rings. The number of pyridine rings is 1. The first-order chi connectivity index (χ1) is 8.76. The van der Waals surface area contributed by atoms with E-state index in [0.29, 0.717) is 6.04 Å². The van der Waals surface area contributed by atoms with Crippen LogP contribution in [-0.2, 0) is 6.61 Å². The first kappa shape index (κ1) is 13.3. The monoisotopic (exact) mass is 248 g/mol. The number of anilines is 1. The molecule has 0 radical (unpaired) electrons. The van der Waals surface area contributed by atoms with Gasteiger partial charge in [-0.2, -0.15) is 0 Å². The zero-order chi connectivity index (χ0) is 13.0. The minimum atomic E-state index is 0.0813. The Kier molecular flexibility index (Phi) is 4.59. The van der Waals surface area contributed by atoms with Crippen molar-refractivity contribution in [3.8, 4) is 0 Å². The SMILES string of the molecule is CCCC1CCCCN1c1cc(C)ncc1CO. The number of rotatable bonds is 4. The molecule has 2 rings (SSSR count). The van der Waals surface area contributed by atoms with Crippen LogP contribution in [0.2, 0.25) is 0 Å². The molecule has 1 aromatic heterocycles. The highest BCUT2D eigenvalue weighted by Crippen LogP contribution is 2.30. The van der Waals surface area contributed by atoms with Crippen molar-refractivity contribution in [3.05, 3.63) is 23.5 Å². The number of aromatic nitrogens is 1. The fourth-order valence-corrected chi connectivity index (χ4v) is 2.91. The van der Waals surface area contributed by atoms with Crippen LogP contribution in [0.5, 0.6) is 0 Å². The summed E-state index contributed by atoms with van der Waals surface area (Å²) in [5, 5.41) is 9.49. The maximum Gasteiger partial charge on any atom is 0.0717 e. The quantitative estimate of drug-likeness (QED) is 0.889. The third-order valence-electron chi connectivity index (χ3n) is 3.83. The molecule has 2 heterocycles. The van der Waals surface area contributed by atoms with Crippen LogP contribution in [0.25, 0.3) is 0 Å². The molecule has 1 unspecified atom stereocenters. The van der Waals surface area contributed by atoms with E-state index in [2.05, 4.69) is 22.9 Å². The van der Waals surface area contributed by atoms with Crippen LogP contribution >= 0.6 is 0 Å². The molecule has 1 aromatic rings. The summed E-state index contributed by atoms with van der Waals surface area (Å²) in [6, 6.07) is 2.76. The van der Waals surface area contributed by atoms with E-state index in [-0.39, 0.29) is 6.61 Å². The van der Waals surface area contributed by atoms with Gasteiger partial charge in [0.05, 0.1) is 6.61 Å². The predicted octanol–water partition coefficient (Wildman–Crippen LogP) is 3.04. The van der Waals surface area contributed by atoms with Crippen molar-refractivity contribution in [1.29, 1.82) is 0 Å². The highest BCUT2D eigenvalue weighted by Gasteiger charge is 2.23. The maximum atomic E-state index is 9.49. The van der Waals surface area contributed by atoms with Gasteiger partial charge in [0.15, 0.2) is 0 Å². The van der Waals surface area contributed by atoms with Gasteiger partial charge in [-0.15, -0.1) is 0 Å². The molecule has 1 fully saturated rings. The van der Waals surface area contributed by atoms with Gasteiger partial charge >= 0.3 is 0 Å². The number of piperidine rings is 1. The van der Waals surface area contributed by atoms with Crippen LogP contribution in [-0.4, -0.2) is 22.7 Å². The molecule has 18 heavy (non-hydrogen) atoms. The summed E-state index contributed by atoms with van der Waals surface area (Å²) < 4.78 is 0. The van der Waals surface area contributed by atoms with Gasteiger partial charge < -0.3 is 10.0 Å². The number of aliphatic hydroxyl groups is 1. The van der Waals surface area contributed by atoms with Gasteiger partial charge in [-0.05, 0) is 38.7 Å². The lowest BCUT2D eigenvalue weighted by Crippen LogP contribution is -2.40. The first-order valence-electron chi connectivity index (χ1n) is 7.09. The van der Waals surface area contributed by atoms with E-state index in [1.165, 1.54) is 37.8 Å². The van der Waals surface area contributed by atoms with E-state index in [1.54, 1.807) is 0 Å². The summed E-state index contributed by atoms with van der Waals surface area (Å²) in [5.41, 5.74) is 3.19. The topological polar surface area (TPSA) is 36.4 Å². The van der Waals surface area contributed by atoms with Gasteiger partial charge in [0.2, 0.25) is 0 Å². The van der Waals surface area contributed by atoms with E-state index in [0.717, 1.165) is 17.8 Å². The minimum absolute atomic E-state index is 0.0813. The molecule has 0 spiro atoms. The molecule has 1 saturated heterocycles. The fourth-order valence-electron chi connectivity index (χ4n) is 2.91. The molecular formula is C15H24N2O. The number of hydrogen-bond acceptors (Lipinski definition) is 3. The first-order valence-corrected chi connectivity index (χ1v) is 7.09. The fraction of sp³-hybridized carbons (Fsp3) is 0.667. The van der Waals surface area contributed by atoms with Crippen LogP contribution in [0.15, 0.2) is 12.3 Å². The van der Waals surface area contributed by atoms with Crippen molar-refractivity contribution in [3.63, 3.8) is 0 Å². The molecule has 0 aliphatic carbocycles. The van der Waals surface area contributed by atoms with Gasteiger partial charge in [-0.25, -0.2) is 0 Å². The molecule has 3 nitrogen and oxygen atoms in total. The summed E-state index contributed by atoms with van der Waals surface area (Å²) >= 11 is 0. The Morgan fingerprint density at radius 1 is 1.44 bits per heavy atom. The van der Waals surface area contributed by atoms with Crippen LogP contribution in [0, 0.1) is 6.92 Å². The number of hydrogen-bond donors (Lipinski definition) is 1. The third-order valence-corrected chi connectivity index (χ3v) is 3.83. The van der Waals surface area contributed by atoms with Crippen LogP contribution < -0.4 is 4.90 Å². The van der Waals surface area contributed by atoms with Gasteiger partial charge in [-0.3, -0.25) is 4.98 Å². The minimum Gasteiger partial charge on any atom is -0.392 e. The van der Waals surface area contributed by atoms with Crippen LogP contribution in [0.4, 0.5) is 5.69 Å². The zero-order valence-electron chi connectivity index (χ0n) is 11.5. The van der Waals surface area contributed by atoms with E-state index in [4.69, 9.17) is 0 Å². The van der Waals surface area contributed by atoms with Crippen LogP contribution in [0.1, 0.15) is 50.3 Å². The number of aryl methyl sites for hydroxylation is 1. The average Bonchev–Trinajstić information content (AvgIpc) is 2.40. The molecule has 1 atom stereocenters. The Labute approximate surface area is 110 Å². The Hall–Kier alpha value is -1.09. The Bertz CT molecular complexity index is 390. The van der Waals surface area contributed by atoms with E-state index in [1.807, 2.05) is 13.1 Å². The van der Waals surface area contributed by atoms with Gasteiger partial charge in [0, 0.05) is 35.7 Å². The molecular weight excluding hydrogens is 224 g/mol. The zero-order valence-corrected chi connectivity index (χ0v) is 11.5. The Morgan fingerprint density at radius 2 is 2.28 bits per heavy atom. The predicted molar refractivity (Wildman–Crippen MR) is 74.8 cm³/mol. The normalized spacial score (nSPS) is 20.2. The Balaban J connectivity index is 2.29. The molecule has 1 aliphatic heterocycles. The lowest BCUT2D eigenvalue weighted by atomic mass is 9.96. The van der Waals surface area contributed by atoms with Crippen molar-refractivity contribution >= 4 is 5.69 Å². The maximum absolute atomic E-state index is 9.49. The molecule has 1 N–H and O–H groups in total. The summed E-state index contributed by atoms with van der Waals surface area (Å²) in [4.78, 5) is 6.78. The molecule has 0 saturated carbocycles. The second-order valence-electron chi connectivity index (χ2n) is 5.24. The van der Waals surface area contributed by atoms with Crippen molar-refractivity contribution < 1.29 is 5.11 Å². The average molecular weight is 248 g/mol. The van der Waals surface area contributed by atoms with E-state index in [9.17, 15) is 5.11 Å². The smallest absolute Gasteiger partial charge is 0.0717 e. The van der Waals surface area contributed by atoms with E-state index < -0.39 is 0 Å². The molecule has 0 bridgehead atoms. The van der Waals surface area contributed by atoms with Crippen molar-refractivity contribution in [2.45, 2.75) is 58.6 Å². The lowest BCUT2D eigenvalue weighted by Gasteiger charge is -2.38. The van der Waals surface area contributed by atoms with Crippen LogP contribution in [0.3, 0.4) is 0 Å². The highest BCUT2D eigenvalue weighted by atomic mass is 16.3. The number of nitrogens with zero attached hydrogens (tertiary/aromatic N) is 2. The van der Waals surface area contributed by atoms with Crippen molar-refractivity contribution in [2.24, 2.45) is 0 Å². The second kappa shape index (κ2) is 6.19. The molecule has 3 heteroatoms. The lowest BCUT2D eigenvalue weighted by molar-refractivity contribution is 0.281. The van der Waals surface area contributed by atoms with Gasteiger partial charge in [0.25, 0.3) is 0 Å². The summed E-state index contributed by atoms with van der Waals surface area (Å²) in [5.74, 6) is 0. The molecule has 0 aromatic carbocycles. The number of aliphatic hydroxyl groups excluding tert-OH is 1. The summed E-state index contributed by atoms with van der Waals surface area (Å²) in [7, 11) is 0. The van der Waals surface area contributed by atoms with Crippen molar-refractivity contribution in [2.75, 3.05) is 11.4 Å². The van der Waals surface area contributed by atoms with Crippen molar-refractivity contribution in [1.82, 2.24) is 4.98 Å². The summed E-state index contributed by atoms with van der Waals surface area (Å²) in [6.45, 7) is 5.46. The third kappa shape index (κ3) is 2.83. The molecule has 0 amide bonds. The van der Waals surface area contributed by atoms with Gasteiger partial charge in [0.1, 0.15) is 0 Å². The summed E-state index contributed by atoms with van der Waals surface area (Å²) in [6.07, 6.45) is 8.15. The van der Waals surface area contributed by atoms with E-state index >= 15 is 0 Å².